The smallest absolute Gasteiger partial charge is 0.208 e. The molecule has 1 atom stereocenters. The fraction of sp³-hybridized carbons (Fsp3) is 0.600. The van der Waals surface area contributed by atoms with E-state index >= 15 is 0 Å². The van der Waals surface area contributed by atoms with Crippen LogP contribution in [0.5, 0.6) is 0 Å². The van der Waals surface area contributed by atoms with Crippen molar-refractivity contribution in [1.29, 1.82) is 0 Å². The molecule has 6 nitrogen and oxygen atoms in total. The van der Waals surface area contributed by atoms with Gasteiger partial charge in [0.05, 0.1) is 11.9 Å². The molecule has 0 saturated carbocycles. The highest BCUT2D eigenvalue weighted by atomic mass is 32.2. The van der Waals surface area contributed by atoms with Crippen LogP contribution < -0.4 is 10.0 Å². The number of hydrogen-bond acceptors (Lipinski definition) is 5. The van der Waals surface area contributed by atoms with E-state index in [9.17, 15) is 8.42 Å². The molecule has 2 N–H and O–H groups in total. The van der Waals surface area contributed by atoms with Crippen LogP contribution in [0.15, 0.2) is 18.6 Å². The van der Waals surface area contributed by atoms with Gasteiger partial charge in [-0.3, -0.25) is 9.97 Å². The Hall–Kier alpha value is -1.05. The van der Waals surface area contributed by atoms with Gasteiger partial charge in [0.15, 0.2) is 0 Å². The Morgan fingerprint density at radius 3 is 2.71 bits per heavy atom. The fourth-order valence-corrected chi connectivity index (χ4v) is 1.82. The second-order valence-electron chi connectivity index (χ2n) is 3.83. The van der Waals surface area contributed by atoms with Crippen LogP contribution in [0, 0.1) is 0 Å². The fourth-order valence-electron chi connectivity index (χ4n) is 1.30. The molecule has 0 aliphatic rings. The number of hydrogen-bond donors (Lipinski definition) is 2. The van der Waals surface area contributed by atoms with Gasteiger partial charge in [-0.25, -0.2) is 13.1 Å². The predicted molar refractivity (Wildman–Crippen MR) is 65.9 cm³/mol. The average Bonchev–Trinajstić information content (AvgIpc) is 2.28. The van der Waals surface area contributed by atoms with Gasteiger partial charge >= 0.3 is 0 Å². The van der Waals surface area contributed by atoms with Gasteiger partial charge in [0, 0.05) is 31.2 Å². The van der Waals surface area contributed by atoms with E-state index in [0.717, 1.165) is 24.9 Å². The predicted octanol–water partition coefficient (Wildman–Crippen LogP) is 0.0665. The Kier molecular flexibility index (Phi) is 5.46. The van der Waals surface area contributed by atoms with E-state index in [1.54, 1.807) is 18.6 Å². The standard InChI is InChI=1S/C10H18N4O2S/c1-9(10-8-11-6-7-13-10)12-4-3-5-14-17(2,15)16/h6-9,12,14H,3-5H2,1-2H3. The molecule has 0 spiro atoms. The molecule has 1 aromatic rings. The third kappa shape index (κ3) is 6.30. The van der Waals surface area contributed by atoms with Crippen molar-refractivity contribution in [3.8, 4) is 0 Å². The Morgan fingerprint density at radius 1 is 1.35 bits per heavy atom. The maximum atomic E-state index is 10.8. The first-order valence-electron chi connectivity index (χ1n) is 5.43. The maximum absolute atomic E-state index is 10.8. The summed E-state index contributed by atoms with van der Waals surface area (Å²) in [4.78, 5) is 8.17. The molecule has 1 aromatic heterocycles. The second-order valence-corrected chi connectivity index (χ2v) is 5.66. The molecule has 17 heavy (non-hydrogen) atoms. The Labute approximate surface area is 102 Å². The minimum atomic E-state index is -3.08. The topological polar surface area (TPSA) is 84.0 Å². The molecule has 96 valence electrons. The van der Waals surface area contributed by atoms with Crippen molar-refractivity contribution in [1.82, 2.24) is 20.0 Å². The average molecular weight is 258 g/mol. The number of sulfonamides is 1. The molecular formula is C10H18N4O2S. The lowest BCUT2D eigenvalue weighted by Gasteiger charge is -2.12. The highest BCUT2D eigenvalue weighted by Crippen LogP contribution is 2.05. The Morgan fingerprint density at radius 2 is 2.12 bits per heavy atom. The molecule has 0 amide bonds. The van der Waals surface area contributed by atoms with Crippen molar-refractivity contribution in [2.75, 3.05) is 19.3 Å². The monoisotopic (exact) mass is 258 g/mol. The van der Waals surface area contributed by atoms with Crippen LogP contribution in [-0.2, 0) is 10.0 Å². The van der Waals surface area contributed by atoms with E-state index in [4.69, 9.17) is 0 Å². The number of nitrogens with one attached hydrogen (secondary N) is 2. The van der Waals surface area contributed by atoms with Crippen LogP contribution in [-0.4, -0.2) is 37.7 Å². The largest absolute Gasteiger partial charge is 0.309 e. The van der Waals surface area contributed by atoms with Crippen molar-refractivity contribution < 1.29 is 8.42 Å². The normalized spacial score (nSPS) is 13.5. The first-order chi connectivity index (χ1) is 7.99. The summed E-state index contributed by atoms with van der Waals surface area (Å²) in [6.45, 7) is 3.16. The lowest BCUT2D eigenvalue weighted by atomic mass is 10.2. The zero-order chi connectivity index (χ0) is 12.7. The molecule has 0 aromatic carbocycles. The van der Waals surface area contributed by atoms with Crippen LogP contribution >= 0.6 is 0 Å². The van der Waals surface area contributed by atoms with Gasteiger partial charge in [-0.1, -0.05) is 0 Å². The minimum absolute atomic E-state index is 0.113. The molecule has 1 rings (SSSR count). The Balaban J connectivity index is 2.19. The number of aromatic nitrogens is 2. The van der Waals surface area contributed by atoms with Crippen molar-refractivity contribution in [3.63, 3.8) is 0 Å². The van der Waals surface area contributed by atoms with Crippen LogP contribution in [0.3, 0.4) is 0 Å². The van der Waals surface area contributed by atoms with Crippen molar-refractivity contribution >= 4 is 10.0 Å². The van der Waals surface area contributed by atoms with E-state index in [-0.39, 0.29) is 6.04 Å². The molecule has 0 aliphatic carbocycles. The van der Waals surface area contributed by atoms with E-state index in [1.165, 1.54) is 0 Å². The first-order valence-corrected chi connectivity index (χ1v) is 7.32. The Bertz CT molecular complexity index is 421. The van der Waals surface area contributed by atoms with Crippen LogP contribution in [0.1, 0.15) is 25.1 Å². The summed E-state index contributed by atoms with van der Waals surface area (Å²) in [5, 5.41) is 3.25. The highest BCUT2D eigenvalue weighted by Gasteiger charge is 2.05. The highest BCUT2D eigenvalue weighted by molar-refractivity contribution is 7.88. The molecule has 0 aliphatic heterocycles. The lowest BCUT2D eigenvalue weighted by molar-refractivity contribution is 0.538. The summed E-state index contributed by atoms with van der Waals surface area (Å²) in [6, 6.07) is 0.113. The number of rotatable bonds is 7. The SMILES string of the molecule is CC(NCCCNS(C)(=O)=O)c1cnccn1. The molecule has 0 bridgehead atoms. The molecule has 0 fully saturated rings. The summed E-state index contributed by atoms with van der Waals surface area (Å²) in [6.07, 6.45) is 6.89. The summed E-state index contributed by atoms with van der Waals surface area (Å²) >= 11 is 0. The second kappa shape index (κ2) is 6.63. The summed E-state index contributed by atoms with van der Waals surface area (Å²) in [5.41, 5.74) is 0.878. The van der Waals surface area contributed by atoms with Crippen LogP contribution in [0.4, 0.5) is 0 Å². The number of nitrogens with zero attached hydrogens (tertiary/aromatic N) is 2. The lowest BCUT2D eigenvalue weighted by Crippen LogP contribution is -2.27. The van der Waals surface area contributed by atoms with Crippen molar-refractivity contribution in [3.05, 3.63) is 24.3 Å². The molecule has 0 radical (unpaired) electrons. The molecular weight excluding hydrogens is 240 g/mol. The molecule has 1 unspecified atom stereocenters. The van der Waals surface area contributed by atoms with Crippen molar-refractivity contribution in [2.24, 2.45) is 0 Å². The summed E-state index contributed by atoms with van der Waals surface area (Å²) < 4.78 is 24.0. The minimum Gasteiger partial charge on any atom is -0.309 e. The van der Waals surface area contributed by atoms with Gasteiger partial charge in [0.25, 0.3) is 0 Å². The zero-order valence-corrected chi connectivity index (χ0v) is 10.9. The van der Waals surface area contributed by atoms with E-state index in [2.05, 4.69) is 20.0 Å². The van der Waals surface area contributed by atoms with E-state index < -0.39 is 10.0 Å². The molecule has 1 heterocycles. The van der Waals surface area contributed by atoms with Crippen LogP contribution in [0.2, 0.25) is 0 Å². The quantitative estimate of drug-likeness (QED) is 0.676. The van der Waals surface area contributed by atoms with Gasteiger partial charge in [-0.15, -0.1) is 0 Å². The van der Waals surface area contributed by atoms with Gasteiger partial charge in [-0.05, 0) is 19.9 Å². The zero-order valence-electron chi connectivity index (χ0n) is 10.0. The van der Waals surface area contributed by atoms with Crippen molar-refractivity contribution in [2.45, 2.75) is 19.4 Å². The first kappa shape index (κ1) is 14.0. The summed E-state index contributed by atoms with van der Waals surface area (Å²) in [5.74, 6) is 0. The van der Waals surface area contributed by atoms with E-state index in [1.807, 2.05) is 6.92 Å². The molecule has 0 saturated heterocycles. The van der Waals surface area contributed by atoms with Gasteiger partial charge in [0.2, 0.25) is 10.0 Å². The maximum Gasteiger partial charge on any atom is 0.208 e. The molecule has 7 heteroatoms. The summed E-state index contributed by atoms with van der Waals surface area (Å²) in [7, 11) is -3.08. The van der Waals surface area contributed by atoms with Gasteiger partial charge in [-0.2, -0.15) is 0 Å². The third-order valence-corrected chi connectivity index (χ3v) is 2.92. The van der Waals surface area contributed by atoms with Crippen LogP contribution in [0.25, 0.3) is 0 Å². The van der Waals surface area contributed by atoms with E-state index in [0.29, 0.717) is 6.54 Å². The third-order valence-electron chi connectivity index (χ3n) is 2.20. The van der Waals surface area contributed by atoms with Gasteiger partial charge in [0.1, 0.15) is 0 Å². The van der Waals surface area contributed by atoms with Gasteiger partial charge < -0.3 is 5.32 Å².